The Morgan fingerprint density at radius 3 is 2.80 bits per heavy atom. The summed E-state index contributed by atoms with van der Waals surface area (Å²) in [4.78, 5) is 14.6. The molecule has 0 bridgehead atoms. The van der Waals surface area contributed by atoms with Crippen LogP contribution in [0, 0.1) is 0 Å². The highest BCUT2D eigenvalue weighted by Crippen LogP contribution is 2.30. The maximum atomic E-state index is 12.8. The molecule has 2 aromatic rings. The highest BCUT2D eigenvalue weighted by Gasteiger charge is 2.26. The van der Waals surface area contributed by atoms with Gasteiger partial charge >= 0.3 is 0 Å². The number of likely N-dealkylation sites (tertiary alicyclic amines) is 1. The van der Waals surface area contributed by atoms with E-state index < -0.39 is 0 Å². The third-order valence-electron chi connectivity index (χ3n) is 4.26. The number of methoxy groups -OCH3 is 1. The van der Waals surface area contributed by atoms with E-state index >= 15 is 0 Å². The molecule has 1 aromatic carbocycles. The number of nitrogens with zero attached hydrogens (tertiary/aromatic N) is 3. The van der Waals surface area contributed by atoms with Crippen molar-refractivity contribution in [3.05, 3.63) is 41.0 Å². The first-order chi connectivity index (χ1) is 12.1. The second-order valence-electron chi connectivity index (χ2n) is 5.89. The standard InChI is InChI=1S/C17H20ClN5O2/c1-25-15-10-14(19)13(18)9-12(15)17(24)23-7-4-11(5-8-23)21-16-3-2-6-20-22-16/h2-3,6,9-11H,4-5,7-8,19H2,1H3,(H,21,22). The molecule has 0 spiro atoms. The SMILES string of the molecule is COc1cc(N)c(Cl)cc1C(=O)N1CCC(Nc2cccnn2)CC1. The average Bonchev–Trinajstić information content (AvgIpc) is 2.64. The van der Waals surface area contributed by atoms with Gasteiger partial charge in [-0.15, -0.1) is 5.10 Å². The number of hydrogen-bond acceptors (Lipinski definition) is 6. The zero-order valence-electron chi connectivity index (χ0n) is 13.9. The molecule has 3 rings (SSSR count). The van der Waals surface area contributed by atoms with Crippen LogP contribution in [0.1, 0.15) is 23.2 Å². The van der Waals surface area contributed by atoms with E-state index in [4.69, 9.17) is 22.1 Å². The van der Waals surface area contributed by atoms with Crippen molar-refractivity contribution in [1.29, 1.82) is 0 Å². The summed E-state index contributed by atoms with van der Waals surface area (Å²) < 4.78 is 5.28. The number of nitrogens with two attached hydrogens (primary N) is 1. The summed E-state index contributed by atoms with van der Waals surface area (Å²) in [5.74, 6) is 1.09. The zero-order chi connectivity index (χ0) is 17.8. The number of rotatable bonds is 4. The van der Waals surface area contributed by atoms with Gasteiger partial charge in [0, 0.05) is 31.4 Å². The van der Waals surface area contributed by atoms with Crippen LogP contribution in [0.15, 0.2) is 30.5 Å². The number of piperidine rings is 1. The van der Waals surface area contributed by atoms with Crippen LogP contribution < -0.4 is 15.8 Å². The number of ether oxygens (including phenoxy) is 1. The van der Waals surface area contributed by atoms with E-state index in [1.165, 1.54) is 7.11 Å². The third kappa shape index (κ3) is 3.93. The number of carbonyl (C=O) groups is 1. The first-order valence-corrected chi connectivity index (χ1v) is 8.43. The fraction of sp³-hybridized carbons (Fsp3) is 0.353. The normalized spacial score (nSPS) is 15.0. The summed E-state index contributed by atoms with van der Waals surface area (Å²) in [6, 6.07) is 7.13. The lowest BCUT2D eigenvalue weighted by atomic mass is 10.0. The van der Waals surface area contributed by atoms with Gasteiger partial charge in [0.2, 0.25) is 0 Å². The fourth-order valence-corrected chi connectivity index (χ4v) is 3.05. The molecule has 132 valence electrons. The highest BCUT2D eigenvalue weighted by molar-refractivity contribution is 6.33. The van der Waals surface area contributed by atoms with Gasteiger partial charge in [-0.3, -0.25) is 4.79 Å². The average molecular weight is 362 g/mol. The molecule has 8 heteroatoms. The molecule has 1 aliphatic rings. The summed E-state index contributed by atoms with van der Waals surface area (Å²) in [6.07, 6.45) is 3.29. The van der Waals surface area contributed by atoms with Crippen LogP contribution >= 0.6 is 11.6 Å². The molecule has 1 fully saturated rings. The number of halogens is 1. The molecule has 0 saturated carbocycles. The minimum absolute atomic E-state index is 0.100. The second-order valence-corrected chi connectivity index (χ2v) is 6.30. The molecule has 0 radical (unpaired) electrons. The largest absolute Gasteiger partial charge is 0.496 e. The lowest BCUT2D eigenvalue weighted by Crippen LogP contribution is -2.42. The van der Waals surface area contributed by atoms with Gasteiger partial charge in [-0.1, -0.05) is 11.6 Å². The Kier molecular flexibility index (Phi) is 5.23. The van der Waals surface area contributed by atoms with Crippen molar-refractivity contribution in [3.63, 3.8) is 0 Å². The molecule has 1 aromatic heterocycles. The minimum Gasteiger partial charge on any atom is -0.496 e. The number of nitrogens with one attached hydrogen (secondary N) is 1. The Balaban J connectivity index is 1.65. The van der Waals surface area contributed by atoms with E-state index in [9.17, 15) is 4.79 Å². The van der Waals surface area contributed by atoms with Crippen LogP contribution in [0.2, 0.25) is 5.02 Å². The summed E-state index contributed by atoms with van der Waals surface area (Å²) >= 11 is 6.07. The predicted octanol–water partition coefficient (Wildman–Crippen LogP) is 2.44. The molecule has 2 heterocycles. The van der Waals surface area contributed by atoms with Crippen molar-refractivity contribution in [1.82, 2.24) is 15.1 Å². The van der Waals surface area contributed by atoms with Crippen molar-refractivity contribution < 1.29 is 9.53 Å². The number of hydrogen-bond donors (Lipinski definition) is 2. The smallest absolute Gasteiger partial charge is 0.257 e. The van der Waals surface area contributed by atoms with Gasteiger partial charge in [-0.25, -0.2) is 0 Å². The Bertz CT molecular complexity index is 748. The molecule has 1 aliphatic heterocycles. The molecule has 1 amide bonds. The van der Waals surface area contributed by atoms with E-state index in [0.717, 1.165) is 18.7 Å². The van der Waals surface area contributed by atoms with E-state index in [0.29, 0.717) is 35.1 Å². The van der Waals surface area contributed by atoms with Crippen LogP contribution in [-0.4, -0.2) is 47.2 Å². The predicted molar refractivity (Wildman–Crippen MR) is 97.0 cm³/mol. The first-order valence-electron chi connectivity index (χ1n) is 8.05. The highest BCUT2D eigenvalue weighted by atomic mass is 35.5. The third-order valence-corrected chi connectivity index (χ3v) is 4.58. The monoisotopic (exact) mass is 361 g/mol. The Morgan fingerprint density at radius 1 is 1.40 bits per heavy atom. The van der Waals surface area contributed by atoms with Gasteiger partial charge in [0.1, 0.15) is 11.6 Å². The van der Waals surface area contributed by atoms with E-state index in [2.05, 4.69) is 15.5 Å². The summed E-state index contributed by atoms with van der Waals surface area (Å²) in [7, 11) is 1.51. The molecular weight excluding hydrogens is 342 g/mol. The van der Waals surface area contributed by atoms with Crippen LogP contribution in [0.4, 0.5) is 11.5 Å². The molecular formula is C17H20ClN5O2. The van der Waals surface area contributed by atoms with E-state index in [1.807, 2.05) is 12.1 Å². The number of anilines is 2. The molecule has 0 aliphatic carbocycles. The van der Waals surface area contributed by atoms with Crippen molar-refractivity contribution in [2.24, 2.45) is 0 Å². The minimum atomic E-state index is -0.100. The summed E-state index contributed by atoms with van der Waals surface area (Å²) in [6.45, 7) is 1.28. The Hall–Kier alpha value is -2.54. The van der Waals surface area contributed by atoms with Crippen LogP contribution in [0.5, 0.6) is 5.75 Å². The van der Waals surface area contributed by atoms with Gasteiger partial charge in [0.05, 0.1) is 23.4 Å². The number of nitrogen functional groups attached to an aromatic ring is 1. The second kappa shape index (κ2) is 7.57. The van der Waals surface area contributed by atoms with Gasteiger partial charge in [0.15, 0.2) is 0 Å². The zero-order valence-corrected chi connectivity index (χ0v) is 14.7. The van der Waals surface area contributed by atoms with Crippen LogP contribution in [0.3, 0.4) is 0 Å². The van der Waals surface area contributed by atoms with Gasteiger partial charge in [-0.2, -0.15) is 5.10 Å². The molecule has 1 saturated heterocycles. The van der Waals surface area contributed by atoms with Crippen molar-refractivity contribution in [3.8, 4) is 5.75 Å². The van der Waals surface area contributed by atoms with Crippen LogP contribution in [-0.2, 0) is 0 Å². The van der Waals surface area contributed by atoms with Crippen molar-refractivity contribution in [2.75, 3.05) is 31.2 Å². The molecule has 25 heavy (non-hydrogen) atoms. The number of carbonyl (C=O) groups excluding carboxylic acids is 1. The molecule has 3 N–H and O–H groups in total. The fourth-order valence-electron chi connectivity index (χ4n) is 2.89. The quantitative estimate of drug-likeness (QED) is 0.812. The van der Waals surface area contributed by atoms with Crippen molar-refractivity contribution >= 4 is 29.0 Å². The van der Waals surface area contributed by atoms with Crippen molar-refractivity contribution in [2.45, 2.75) is 18.9 Å². The maximum absolute atomic E-state index is 12.8. The number of amides is 1. The lowest BCUT2D eigenvalue weighted by molar-refractivity contribution is 0.0715. The molecule has 0 unspecified atom stereocenters. The van der Waals surface area contributed by atoms with Gasteiger partial charge < -0.3 is 20.7 Å². The summed E-state index contributed by atoms with van der Waals surface area (Å²) in [5, 5.41) is 11.6. The number of benzene rings is 1. The molecule has 7 nitrogen and oxygen atoms in total. The van der Waals surface area contributed by atoms with Gasteiger partial charge in [-0.05, 0) is 31.0 Å². The van der Waals surface area contributed by atoms with Crippen LogP contribution in [0.25, 0.3) is 0 Å². The number of aromatic nitrogens is 2. The maximum Gasteiger partial charge on any atom is 0.257 e. The molecule has 0 atom stereocenters. The topological polar surface area (TPSA) is 93.4 Å². The summed E-state index contributed by atoms with van der Waals surface area (Å²) in [5.41, 5.74) is 6.60. The Morgan fingerprint density at radius 2 is 2.16 bits per heavy atom. The van der Waals surface area contributed by atoms with E-state index in [-0.39, 0.29) is 11.9 Å². The first kappa shape index (κ1) is 17.3. The lowest BCUT2D eigenvalue weighted by Gasteiger charge is -2.33. The Labute approximate surface area is 151 Å². The van der Waals surface area contributed by atoms with Gasteiger partial charge in [0.25, 0.3) is 5.91 Å². The van der Waals surface area contributed by atoms with E-state index in [1.54, 1.807) is 23.2 Å².